The largest absolute Gasteiger partial charge is 0.497 e. The number of benzene rings is 2. The number of ether oxygens (including phenoxy) is 2. The molecule has 0 fully saturated rings. The van der Waals surface area contributed by atoms with Gasteiger partial charge in [-0.05, 0) is 61.5 Å². The van der Waals surface area contributed by atoms with Crippen LogP contribution in [0.4, 0.5) is 24.0 Å². The molecule has 0 saturated heterocycles. The number of nitrogens with one attached hydrogen (secondary N) is 2. The molecule has 2 heterocycles. The van der Waals surface area contributed by atoms with Crippen LogP contribution in [0.2, 0.25) is 5.15 Å². The summed E-state index contributed by atoms with van der Waals surface area (Å²) in [5.74, 6) is -1.24. The Kier molecular flexibility index (Phi) is 10.6. The van der Waals surface area contributed by atoms with Crippen molar-refractivity contribution in [3.8, 4) is 27.7 Å². The van der Waals surface area contributed by atoms with Gasteiger partial charge in [0, 0.05) is 18.7 Å². The fourth-order valence-corrected chi connectivity index (χ4v) is 5.44. The van der Waals surface area contributed by atoms with Gasteiger partial charge in [-0.1, -0.05) is 22.9 Å². The summed E-state index contributed by atoms with van der Waals surface area (Å²) in [6.45, 7) is 3.18. The summed E-state index contributed by atoms with van der Waals surface area (Å²) in [4.78, 5) is 29.4. The summed E-state index contributed by atoms with van der Waals surface area (Å²) in [7, 11) is -2.39. The van der Waals surface area contributed by atoms with E-state index in [-0.39, 0.29) is 21.6 Å². The van der Waals surface area contributed by atoms with E-state index in [0.29, 0.717) is 33.6 Å². The Morgan fingerprint density at radius 3 is 2.07 bits per heavy atom. The number of carbonyl (C=O) groups excluding carboxylic acids is 1. The van der Waals surface area contributed by atoms with Gasteiger partial charge in [-0.25, -0.2) is 23.2 Å². The number of methoxy groups -OCH3 is 1. The molecular formula is C26H22ClF3N4O7S2. The first-order valence-corrected chi connectivity index (χ1v) is 14.4. The van der Waals surface area contributed by atoms with Crippen molar-refractivity contribution in [3.05, 3.63) is 71.6 Å². The summed E-state index contributed by atoms with van der Waals surface area (Å²) in [5.41, 5.74) is 1.38. The number of halogens is 4. The number of anilines is 2. The Morgan fingerprint density at radius 2 is 1.56 bits per heavy atom. The van der Waals surface area contributed by atoms with Gasteiger partial charge in [0.1, 0.15) is 17.2 Å². The Balaban J connectivity index is 0.000000646. The highest BCUT2D eigenvalue weighted by molar-refractivity contribution is 7.92. The molecule has 2 aromatic heterocycles. The number of carbonyl (C=O) groups is 2. The molecule has 11 nitrogen and oxygen atoms in total. The van der Waals surface area contributed by atoms with Crippen LogP contribution in [0.3, 0.4) is 0 Å². The van der Waals surface area contributed by atoms with Crippen molar-refractivity contribution in [2.45, 2.75) is 24.9 Å². The van der Waals surface area contributed by atoms with E-state index >= 15 is 0 Å². The number of aryl methyl sites for hydroxylation is 1. The molecule has 0 radical (unpaired) electrons. The minimum atomic E-state index is -5.08. The lowest BCUT2D eigenvalue weighted by atomic mass is 10.2. The predicted octanol–water partition coefficient (Wildman–Crippen LogP) is 6.36. The minimum absolute atomic E-state index is 0.00830. The molecule has 0 aliphatic rings. The number of hydrogen-bond acceptors (Lipinski definition) is 9. The van der Waals surface area contributed by atoms with Crippen LogP contribution in [0.15, 0.2) is 65.7 Å². The monoisotopic (exact) mass is 658 g/mol. The summed E-state index contributed by atoms with van der Waals surface area (Å²) in [5, 5.41) is 10.2. The molecule has 0 spiro atoms. The first-order chi connectivity index (χ1) is 20.1. The van der Waals surface area contributed by atoms with Gasteiger partial charge in [0.05, 0.1) is 28.3 Å². The smallest absolute Gasteiger partial charge is 0.490 e. The molecule has 1 amide bonds. The van der Waals surface area contributed by atoms with E-state index in [9.17, 15) is 26.4 Å². The summed E-state index contributed by atoms with van der Waals surface area (Å²) < 4.78 is 71.2. The number of nitrogens with zero attached hydrogens (tertiary/aromatic N) is 2. The number of carboxylic acid groups (broad SMARTS) is 1. The summed E-state index contributed by atoms with van der Waals surface area (Å²) >= 11 is 7.44. The number of rotatable bonds is 8. The number of hydrogen-bond donors (Lipinski definition) is 3. The van der Waals surface area contributed by atoms with Crippen LogP contribution in [0.5, 0.6) is 17.2 Å². The lowest BCUT2D eigenvalue weighted by Gasteiger charge is -2.11. The number of pyridine rings is 1. The molecule has 17 heteroatoms. The fraction of sp³-hybridized carbons (Fsp3) is 0.154. The molecular weight excluding hydrogens is 637 g/mol. The van der Waals surface area contributed by atoms with Gasteiger partial charge < -0.3 is 19.9 Å². The van der Waals surface area contributed by atoms with E-state index in [1.54, 1.807) is 56.5 Å². The molecule has 0 aliphatic heterocycles. The first kappa shape index (κ1) is 33.1. The van der Waals surface area contributed by atoms with Crippen LogP contribution in [0.25, 0.3) is 10.4 Å². The number of alkyl halides is 3. The predicted molar refractivity (Wildman–Crippen MR) is 153 cm³/mol. The number of aliphatic carboxylic acids is 1. The Hall–Kier alpha value is -4.41. The third-order valence-electron chi connectivity index (χ3n) is 5.10. The van der Waals surface area contributed by atoms with E-state index < -0.39 is 22.2 Å². The van der Waals surface area contributed by atoms with Crippen molar-refractivity contribution in [1.82, 2.24) is 9.97 Å². The molecule has 0 atom stereocenters. The second-order valence-electron chi connectivity index (χ2n) is 8.33. The summed E-state index contributed by atoms with van der Waals surface area (Å²) in [6, 6.07) is 14.6. The number of thiazole rings is 1. The van der Waals surface area contributed by atoms with Gasteiger partial charge in [0.25, 0.3) is 10.0 Å². The maximum Gasteiger partial charge on any atom is 0.490 e. The number of amides is 1. The highest BCUT2D eigenvalue weighted by atomic mass is 35.5. The van der Waals surface area contributed by atoms with Crippen LogP contribution < -0.4 is 19.5 Å². The number of carboxylic acids is 1. The lowest BCUT2D eigenvalue weighted by molar-refractivity contribution is -0.192. The highest BCUT2D eigenvalue weighted by Crippen LogP contribution is 2.36. The van der Waals surface area contributed by atoms with Gasteiger partial charge in [-0.2, -0.15) is 13.2 Å². The van der Waals surface area contributed by atoms with Gasteiger partial charge in [0.15, 0.2) is 10.3 Å². The van der Waals surface area contributed by atoms with Crippen molar-refractivity contribution in [2.24, 2.45) is 0 Å². The molecule has 228 valence electrons. The van der Waals surface area contributed by atoms with Gasteiger partial charge >= 0.3 is 12.1 Å². The van der Waals surface area contributed by atoms with E-state index in [4.69, 9.17) is 31.0 Å². The molecule has 0 unspecified atom stereocenters. The Labute approximate surface area is 252 Å². The van der Waals surface area contributed by atoms with Gasteiger partial charge in [0.2, 0.25) is 5.91 Å². The third kappa shape index (κ3) is 9.29. The highest BCUT2D eigenvalue weighted by Gasteiger charge is 2.38. The van der Waals surface area contributed by atoms with Crippen LogP contribution in [0.1, 0.15) is 12.6 Å². The molecule has 43 heavy (non-hydrogen) atoms. The molecule has 2 aromatic carbocycles. The second-order valence-corrected chi connectivity index (χ2v) is 11.4. The standard InChI is InChI=1S/C24H21ClN4O5S2.C2HF3O2/c1-14-22(35-24(27-14)28-15(2)30)16-12-21(23(25)26-13-16)29-36(31,32)20-10-8-19(9-11-20)34-18-6-4-17(33-3)5-7-18;3-2(4,5)1(6)7/h4-13,29H,1-3H3,(H,27,28,30);(H,6,7). The average Bonchev–Trinajstić information content (AvgIpc) is 3.29. The Morgan fingerprint density at radius 1 is 1.02 bits per heavy atom. The number of sulfonamides is 1. The minimum Gasteiger partial charge on any atom is -0.497 e. The zero-order valence-corrected chi connectivity index (χ0v) is 24.8. The zero-order chi connectivity index (χ0) is 31.9. The maximum atomic E-state index is 13.0. The molecule has 3 N–H and O–H groups in total. The van der Waals surface area contributed by atoms with Gasteiger partial charge in [-0.3, -0.25) is 9.52 Å². The Bertz CT molecular complexity index is 1710. The SMILES string of the molecule is COc1ccc(Oc2ccc(S(=O)(=O)Nc3cc(-c4sc(NC(C)=O)nc4C)cnc3Cl)cc2)cc1.O=C(O)C(F)(F)F. The molecule has 4 rings (SSSR count). The van der Waals surface area contributed by atoms with Crippen LogP contribution in [0, 0.1) is 6.92 Å². The lowest BCUT2D eigenvalue weighted by Crippen LogP contribution is -2.21. The third-order valence-corrected chi connectivity index (χ3v) is 7.90. The molecule has 0 saturated carbocycles. The van der Waals surface area contributed by atoms with Crippen LogP contribution >= 0.6 is 22.9 Å². The van der Waals surface area contributed by atoms with Gasteiger partial charge in [-0.15, -0.1) is 0 Å². The topological polar surface area (TPSA) is 157 Å². The van der Waals surface area contributed by atoms with E-state index in [1.807, 2.05) is 0 Å². The first-order valence-electron chi connectivity index (χ1n) is 11.7. The average molecular weight is 659 g/mol. The molecule has 0 aliphatic carbocycles. The van der Waals surface area contributed by atoms with Crippen LogP contribution in [-0.2, 0) is 19.6 Å². The van der Waals surface area contributed by atoms with E-state index in [0.717, 1.165) is 4.88 Å². The van der Waals surface area contributed by atoms with Crippen molar-refractivity contribution in [3.63, 3.8) is 0 Å². The van der Waals surface area contributed by atoms with Crippen molar-refractivity contribution < 1.29 is 45.8 Å². The second kappa shape index (κ2) is 13.7. The van der Waals surface area contributed by atoms with Crippen LogP contribution in [-0.4, -0.2) is 48.7 Å². The van der Waals surface area contributed by atoms with Crippen molar-refractivity contribution in [1.29, 1.82) is 0 Å². The maximum absolute atomic E-state index is 13.0. The molecule has 4 aromatic rings. The quantitative estimate of drug-likeness (QED) is 0.183. The fourth-order valence-electron chi connectivity index (χ4n) is 3.18. The summed E-state index contributed by atoms with van der Waals surface area (Å²) in [6.07, 6.45) is -3.57. The van der Waals surface area contributed by atoms with Crippen molar-refractivity contribution >= 4 is 55.7 Å². The van der Waals surface area contributed by atoms with Crippen molar-refractivity contribution in [2.75, 3.05) is 17.1 Å². The normalized spacial score (nSPS) is 11.1. The van der Waals surface area contributed by atoms with E-state index in [1.165, 1.54) is 36.6 Å². The number of aromatic nitrogens is 2. The molecule has 0 bridgehead atoms. The zero-order valence-electron chi connectivity index (χ0n) is 22.4. The van der Waals surface area contributed by atoms with E-state index in [2.05, 4.69) is 20.0 Å².